The third-order valence-corrected chi connectivity index (χ3v) is 4.93. The van der Waals surface area contributed by atoms with E-state index in [1.54, 1.807) is 26.8 Å². The highest BCUT2D eigenvalue weighted by atomic mass is 16.6. The summed E-state index contributed by atoms with van der Waals surface area (Å²) in [4.78, 5) is 48.3. The molecule has 2 N–H and O–H groups in total. The average Bonchev–Trinajstić information content (AvgIpc) is 2.73. The number of carbonyl (C=O) groups excluding carboxylic acids is 4. The molecule has 0 spiro atoms. The van der Waals surface area contributed by atoms with Crippen LogP contribution >= 0.6 is 0 Å². The Bertz CT molecular complexity index is 880. The van der Waals surface area contributed by atoms with E-state index < -0.39 is 42.1 Å². The van der Waals surface area contributed by atoms with Crippen LogP contribution in [0.5, 0.6) is 11.5 Å². The van der Waals surface area contributed by atoms with Crippen LogP contribution in [0, 0.1) is 11.8 Å². The second-order valence-electron chi connectivity index (χ2n) is 9.43. The molecule has 0 aliphatic heterocycles. The number of carbonyl (C=O) groups is 4. The number of esters is 4. The van der Waals surface area contributed by atoms with E-state index in [9.17, 15) is 19.2 Å². The SMILES string of the molecule is CCC(=O)O[C@@H](C)[C@H](C)OC(=O)[C@@H](N)Cc1ccc(OC(=O)CC(C)C)c(OC(=O)CC(C)C)c1. The predicted molar refractivity (Wildman–Crippen MR) is 130 cm³/mol. The highest BCUT2D eigenvalue weighted by Crippen LogP contribution is 2.30. The molecule has 0 fully saturated rings. The maximum Gasteiger partial charge on any atom is 0.323 e. The summed E-state index contributed by atoms with van der Waals surface area (Å²) in [7, 11) is 0. The lowest BCUT2D eigenvalue weighted by molar-refractivity contribution is -0.166. The second-order valence-corrected chi connectivity index (χ2v) is 9.43. The van der Waals surface area contributed by atoms with Crippen molar-refractivity contribution < 1.29 is 38.1 Å². The molecule has 0 amide bonds. The first kappa shape index (κ1) is 30.1. The zero-order valence-corrected chi connectivity index (χ0v) is 21.8. The van der Waals surface area contributed by atoms with E-state index in [-0.39, 0.29) is 49.0 Å². The summed E-state index contributed by atoms with van der Waals surface area (Å²) in [5.74, 6) is -1.57. The number of benzene rings is 1. The first-order valence-electron chi connectivity index (χ1n) is 12.0. The van der Waals surface area contributed by atoms with Gasteiger partial charge in [-0.1, -0.05) is 40.7 Å². The monoisotopic (exact) mass is 493 g/mol. The Balaban J connectivity index is 2.95. The van der Waals surface area contributed by atoms with E-state index in [0.717, 1.165) is 0 Å². The number of rotatable bonds is 13. The molecule has 1 aromatic carbocycles. The van der Waals surface area contributed by atoms with E-state index in [0.29, 0.717) is 5.56 Å². The van der Waals surface area contributed by atoms with E-state index in [1.165, 1.54) is 12.1 Å². The summed E-state index contributed by atoms with van der Waals surface area (Å²) in [6, 6.07) is 3.66. The number of hydrogen-bond acceptors (Lipinski definition) is 9. The summed E-state index contributed by atoms with van der Waals surface area (Å²) in [5, 5.41) is 0. The third kappa shape index (κ3) is 11.4. The zero-order valence-electron chi connectivity index (χ0n) is 21.8. The van der Waals surface area contributed by atoms with Crippen LogP contribution in [0.4, 0.5) is 0 Å². The Morgan fingerprint density at radius 2 is 1.29 bits per heavy atom. The number of nitrogens with two attached hydrogens (primary N) is 1. The van der Waals surface area contributed by atoms with Gasteiger partial charge in [-0.3, -0.25) is 19.2 Å². The van der Waals surface area contributed by atoms with Gasteiger partial charge in [0.1, 0.15) is 18.2 Å². The maximum absolute atomic E-state index is 12.5. The van der Waals surface area contributed by atoms with E-state index in [1.807, 2.05) is 27.7 Å². The van der Waals surface area contributed by atoms with Crippen LogP contribution in [0.25, 0.3) is 0 Å². The van der Waals surface area contributed by atoms with Gasteiger partial charge in [0.15, 0.2) is 11.5 Å². The largest absolute Gasteiger partial charge is 0.459 e. The van der Waals surface area contributed by atoms with Gasteiger partial charge in [-0.15, -0.1) is 0 Å². The topological polar surface area (TPSA) is 131 Å². The van der Waals surface area contributed by atoms with E-state index in [2.05, 4.69) is 0 Å². The predicted octanol–water partition coefficient (Wildman–Crippen LogP) is 3.73. The minimum absolute atomic E-state index is 0.0827. The smallest absolute Gasteiger partial charge is 0.323 e. The standard InChI is InChI=1S/C26H39NO8/c1-8-23(28)32-17(6)18(7)33-26(31)20(27)13-19-9-10-21(34-24(29)11-15(2)3)22(14-19)35-25(30)12-16(4)5/h9-10,14-18,20H,8,11-13,27H2,1-7H3/t17-,18-,20-/m0/s1. The molecule has 0 unspecified atom stereocenters. The summed E-state index contributed by atoms with van der Waals surface area (Å²) >= 11 is 0. The van der Waals surface area contributed by atoms with Crippen LogP contribution in [0.1, 0.15) is 73.3 Å². The molecule has 9 nitrogen and oxygen atoms in total. The first-order chi connectivity index (χ1) is 16.3. The van der Waals surface area contributed by atoms with Gasteiger partial charge in [0.25, 0.3) is 0 Å². The van der Waals surface area contributed by atoms with Crippen molar-refractivity contribution in [2.75, 3.05) is 0 Å². The zero-order chi connectivity index (χ0) is 26.7. The Morgan fingerprint density at radius 3 is 1.80 bits per heavy atom. The summed E-state index contributed by atoms with van der Waals surface area (Å²) < 4.78 is 21.4. The molecule has 9 heteroatoms. The molecule has 0 aliphatic carbocycles. The van der Waals surface area contributed by atoms with Crippen LogP contribution < -0.4 is 15.2 Å². The lowest BCUT2D eigenvalue weighted by atomic mass is 10.1. The highest BCUT2D eigenvalue weighted by Gasteiger charge is 2.25. The minimum atomic E-state index is -1.01. The van der Waals surface area contributed by atoms with E-state index in [4.69, 9.17) is 24.7 Å². The summed E-state index contributed by atoms with van der Waals surface area (Å²) in [6.45, 7) is 12.5. The lowest BCUT2D eigenvalue weighted by Gasteiger charge is -2.22. The maximum atomic E-state index is 12.5. The molecule has 0 saturated carbocycles. The van der Waals surface area contributed by atoms with Gasteiger partial charge in [0.2, 0.25) is 0 Å². The van der Waals surface area contributed by atoms with E-state index >= 15 is 0 Å². The second kappa shape index (κ2) is 14.5. The number of ether oxygens (including phenoxy) is 4. The lowest BCUT2D eigenvalue weighted by Crippen LogP contribution is -2.39. The third-order valence-electron chi connectivity index (χ3n) is 4.93. The van der Waals surface area contributed by atoms with Crippen molar-refractivity contribution in [3.8, 4) is 11.5 Å². The van der Waals surface area contributed by atoms with Crippen molar-refractivity contribution in [1.29, 1.82) is 0 Å². The Labute approximate surface area is 207 Å². The molecule has 0 saturated heterocycles. The van der Waals surface area contributed by atoms with Gasteiger partial charge in [0.05, 0.1) is 0 Å². The summed E-state index contributed by atoms with van der Waals surface area (Å²) in [6.07, 6.45) is -0.596. The Morgan fingerprint density at radius 1 is 0.771 bits per heavy atom. The van der Waals surface area contributed by atoms with Crippen molar-refractivity contribution in [1.82, 2.24) is 0 Å². The van der Waals surface area contributed by atoms with Crippen LogP contribution in [0.15, 0.2) is 18.2 Å². The normalized spacial score (nSPS) is 13.7. The van der Waals surface area contributed by atoms with Gasteiger partial charge in [-0.2, -0.15) is 0 Å². The van der Waals surface area contributed by atoms with Crippen molar-refractivity contribution >= 4 is 23.9 Å². The van der Waals surface area contributed by atoms with Gasteiger partial charge in [0, 0.05) is 19.3 Å². The molecule has 3 atom stereocenters. The molecule has 0 aliphatic rings. The first-order valence-corrected chi connectivity index (χ1v) is 12.0. The van der Waals surface area contributed by atoms with Crippen LogP contribution in [0.2, 0.25) is 0 Å². The Hall–Kier alpha value is -2.94. The highest BCUT2D eigenvalue weighted by molar-refractivity contribution is 5.77. The number of hydrogen-bond donors (Lipinski definition) is 1. The molecule has 0 radical (unpaired) electrons. The molecular formula is C26H39NO8. The van der Waals surface area contributed by atoms with Gasteiger partial charge in [-0.25, -0.2) is 0 Å². The van der Waals surface area contributed by atoms with Gasteiger partial charge in [-0.05, 0) is 49.8 Å². The van der Waals surface area contributed by atoms with Gasteiger partial charge < -0.3 is 24.7 Å². The van der Waals surface area contributed by atoms with Crippen LogP contribution in [-0.4, -0.2) is 42.1 Å². The van der Waals surface area contributed by atoms with Crippen molar-refractivity contribution in [2.45, 2.75) is 92.4 Å². The fourth-order valence-corrected chi connectivity index (χ4v) is 2.93. The molecule has 196 valence electrons. The molecular weight excluding hydrogens is 454 g/mol. The average molecular weight is 494 g/mol. The molecule has 0 aromatic heterocycles. The van der Waals surface area contributed by atoms with Crippen molar-refractivity contribution in [3.63, 3.8) is 0 Å². The van der Waals surface area contributed by atoms with Gasteiger partial charge >= 0.3 is 23.9 Å². The molecule has 1 rings (SSSR count). The fraction of sp³-hybridized carbons (Fsp3) is 0.615. The van der Waals surface area contributed by atoms with Crippen molar-refractivity contribution in [2.24, 2.45) is 17.6 Å². The van der Waals surface area contributed by atoms with Crippen molar-refractivity contribution in [3.05, 3.63) is 23.8 Å². The fourth-order valence-electron chi connectivity index (χ4n) is 2.93. The quantitative estimate of drug-likeness (QED) is 0.322. The summed E-state index contributed by atoms with van der Waals surface area (Å²) in [5.41, 5.74) is 6.63. The molecule has 0 bridgehead atoms. The molecule has 35 heavy (non-hydrogen) atoms. The molecule has 0 heterocycles. The molecule has 1 aromatic rings. The minimum Gasteiger partial charge on any atom is -0.459 e. The Kier molecular flexibility index (Phi) is 12.4. The van der Waals surface area contributed by atoms with Crippen LogP contribution in [0.3, 0.4) is 0 Å². The van der Waals surface area contributed by atoms with Crippen LogP contribution in [-0.2, 0) is 35.1 Å².